The van der Waals surface area contributed by atoms with E-state index in [0.717, 1.165) is 35.2 Å². The summed E-state index contributed by atoms with van der Waals surface area (Å²) in [5, 5.41) is 13.9. The van der Waals surface area contributed by atoms with E-state index in [4.69, 9.17) is 22.4 Å². The Morgan fingerprint density at radius 2 is 1.84 bits per heavy atom. The lowest BCUT2D eigenvalue weighted by atomic mass is 10.1. The van der Waals surface area contributed by atoms with Crippen molar-refractivity contribution in [1.82, 2.24) is 19.0 Å². The molecule has 0 unspecified atom stereocenters. The first-order chi connectivity index (χ1) is 17.7. The van der Waals surface area contributed by atoms with Crippen molar-refractivity contribution in [3.05, 3.63) is 71.3 Å². The highest BCUT2D eigenvalue weighted by Crippen LogP contribution is 2.35. The third kappa shape index (κ3) is 5.10. The van der Waals surface area contributed by atoms with E-state index in [1.807, 2.05) is 30.3 Å². The van der Waals surface area contributed by atoms with Gasteiger partial charge in [0.25, 0.3) is 5.91 Å². The number of aliphatic carboxylic acids is 1. The lowest BCUT2D eigenvalue weighted by Crippen LogP contribution is -2.33. The predicted octanol–water partition coefficient (Wildman–Crippen LogP) is 3.61. The number of sulfonamides is 1. The van der Waals surface area contributed by atoms with Crippen LogP contribution in [0.1, 0.15) is 18.4 Å². The van der Waals surface area contributed by atoms with Gasteiger partial charge in [0.15, 0.2) is 0 Å². The van der Waals surface area contributed by atoms with Gasteiger partial charge in [0, 0.05) is 30.4 Å². The summed E-state index contributed by atoms with van der Waals surface area (Å²) in [6.07, 6.45) is 5.04. The van der Waals surface area contributed by atoms with Crippen LogP contribution in [0, 0.1) is 0 Å². The fourth-order valence-corrected chi connectivity index (χ4v) is 7.03. The monoisotopic (exact) mass is 554 g/mol. The average molecular weight is 555 g/mol. The molecular formula is C25H22N4O5S3. The molecule has 2 saturated heterocycles. The second-order valence-electron chi connectivity index (χ2n) is 8.51. The molecule has 2 aliphatic heterocycles. The Morgan fingerprint density at radius 1 is 1.11 bits per heavy atom. The van der Waals surface area contributed by atoms with E-state index in [1.54, 1.807) is 41.2 Å². The molecule has 0 spiro atoms. The largest absolute Gasteiger partial charge is 0.480 e. The third-order valence-corrected chi connectivity index (χ3v) is 9.30. The number of hydrogen-bond donors (Lipinski definition) is 1. The number of benzene rings is 2. The van der Waals surface area contributed by atoms with E-state index in [-0.39, 0.29) is 14.1 Å². The molecule has 2 aromatic carbocycles. The van der Waals surface area contributed by atoms with Crippen molar-refractivity contribution < 1.29 is 23.1 Å². The number of thiocarbonyl (C=S) groups is 1. The molecule has 190 valence electrons. The molecule has 12 heteroatoms. The third-order valence-electron chi connectivity index (χ3n) is 6.03. The van der Waals surface area contributed by atoms with Crippen LogP contribution >= 0.6 is 24.0 Å². The molecule has 2 aliphatic rings. The van der Waals surface area contributed by atoms with Gasteiger partial charge in [-0.05, 0) is 43.2 Å². The average Bonchev–Trinajstić information content (AvgIpc) is 3.63. The minimum atomic E-state index is -3.64. The smallest absolute Gasteiger partial charge is 0.323 e. The molecule has 0 atom stereocenters. The second-order valence-corrected chi connectivity index (χ2v) is 12.1. The lowest BCUT2D eigenvalue weighted by molar-refractivity contribution is -0.140. The quantitative estimate of drug-likeness (QED) is 0.348. The molecule has 0 aliphatic carbocycles. The summed E-state index contributed by atoms with van der Waals surface area (Å²) in [6.45, 7) is 0.478. The standard InChI is InChI=1S/C25H22N4O5S3/c30-22(31)16-28-24(32)21(36-25(28)35)14-18-15-29(19-8-2-1-3-9-19)26-23(18)17-7-6-10-20(13-17)37(33,34)27-11-4-5-12-27/h1-3,6-10,13-15H,4-5,11-12,16H2,(H,30,31)/b21-14+. The Morgan fingerprint density at radius 3 is 2.54 bits per heavy atom. The Balaban J connectivity index is 1.59. The minimum Gasteiger partial charge on any atom is -0.480 e. The zero-order valence-corrected chi connectivity index (χ0v) is 21.9. The molecule has 0 radical (unpaired) electrons. The van der Waals surface area contributed by atoms with Gasteiger partial charge in [-0.25, -0.2) is 13.1 Å². The van der Waals surface area contributed by atoms with Gasteiger partial charge in [0.2, 0.25) is 10.0 Å². The maximum Gasteiger partial charge on any atom is 0.323 e. The molecule has 9 nitrogen and oxygen atoms in total. The highest BCUT2D eigenvalue weighted by atomic mass is 32.2. The van der Waals surface area contributed by atoms with Crippen LogP contribution < -0.4 is 0 Å². The van der Waals surface area contributed by atoms with E-state index in [9.17, 15) is 18.0 Å². The summed E-state index contributed by atoms with van der Waals surface area (Å²) in [5.74, 6) is -1.66. The first-order valence-electron chi connectivity index (χ1n) is 11.5. The summed E-state index contributed by atoms with van der Waals surface area (Å²) >= 11 is 6.24. The van der Waals surface area contributed by atoms with E-state index < -0.39 is 28.4 Å². The summed E-state index contributed by atoms with van der Waals surface area (Å²) in [4.78, 5) is 25.5. The molecular weight excluding hydrogens is 532 g/mol. The first-order valence-corrected chi connectivity index (χ1v) is 14.1. The number of carboxylic acids is 1. The minimum absolute atomic E-state index is 0.161. The van der Waals surface area contributed by atoms with Crippen molar-refractivity contribution in [2.75, 3.05) is 19.6 Å². The second kappa shape index (κ2) is 10.2. The number of aromatic nitrogens is 2. The number of carbonyl (C=O) groups is 2. The molecule has 0 saturated carbocycles. The van der Waals surface area contributed by atoms with Gasteiger partial charge < -0.3 is 5.11 Å². The number of para-hydroxylation sites is 1. The molecule has 1 aromatic heterocycles. The Labute approximate surface area is 223 Å². The molecule has 1 amide bonds. The van der Waals surface area contributed by atoms with Crippen LogP contribution in [0.4, 0.5) is 0 Å². The van der Waals surface area contributed by atoms with Crippen LogP contribution in [-0.4, -0.2) is 68.3 Å². The molecule has 37 heavy (non-hydrogen) atoms. The number of rotatable bonds is 7. The van der Waals surface area contributed by atoms with Crippen molar-refractivity contribution >= 4 is 56.3 Å². The molecule has 3 heterocycles. The van der Waals surface area contributed by atoms with Crippen LogP contribution in [0.3, 0.4) is 0 Å². The van der Waals surface area contributed by atoms with Crippen LogP contribution in [0.5, 0.6) is 0 Å². The number of thioether (sulfide) groups is 1. The van der Waals surface area contributed by atoms with Crippen LogP contribution in [0.15, 0.2) is 70.6 Å². The van der Waals surface area contributed by atoms with Gasteiger partial charge in [-0.15, -0.1) is 0 Å². The van der Waals surface area contributed by atoms with E-state index in [0.29, 0.717) is 29.9 Å². The molecule has 5 rings (SSSR count). The SMILES string of the molecule is O=C(O)CN1C(=O)/C(=C\c2cn(-c3ccccc3)nc2-c2cccc(S(=O)(=O)N3CCCC3)c2)SC1=S. The van der Waals surface area contributed by atoms with Crippen molar-refractivity contribution in [2.45, 2.75) is 17.7 Å². The van der Waals surface area contributed by atoms with Gasteiger partial charge in [0.1, 0.15) is 16.6 Å². The Kier molecular flexibility index (Phi) is 6.99. The number of carboxylic acid groups (broad SMARTS) is 1. The molecule has 0 bridgehead atoms. The normalized spacial score (nSPS) is 17.7. The number of carbonyl (C=O) groups excluding carboxylic acids is 1. The van der Waals surface area contributed by atoms with Crippen LogP contribution in [0.25, 0.3) is 23.0 Å². The highest BCUT2D eigenvalue weighted by molar-refractivity contribution is 8.26. The summed E-state index contributed by atoms with van der Waals surface area (Å²) in [5.41, 5.74) is 2.39. The van der Waals surface area contributed by atoms with Gasteiger partial charge in [-0.2, -0.15) is 9.40 Å². The maximum absolute atomic E-state index is 13.2. The summed E-state index contributed by atoms with van der Waals surface area (Å²) in [6, 6.07) is 16.0. The zero-order valence-electron chi connectivity index (χ0n) is 19.5. The van der Waals surface area contributed by atoms with E-state index in [2.05, 4.69) is 0 Å². The van der Waals surface area contributed by atoms with Gasteiger partial charge in [-0.1, -0.05) is 54.3 Å². The van der Waals surface area contributed by atoms with E-state index >= 15 is 0 Å². The molecule has 1 N–H and O–H groups in total. The molecule has 2 fully saturated rings. The zero-order chi connectivity index (χ0) is 26.2. The van der Waals surface area contributed by atoms with Crippen LogP contribution in [-0.2, 0) is 19.6 Å². The Hall–Kier alpha value is -3.32. The fourth-order valence-electron chi connectivity index (χ4n) is 4.22. The van der Waals surface area contributed by atoms with E-state index in [1.165, 1.54) is 4.31 Å². The van der Waals surface area contributed by atoms with Gasteiger partial charge in [0.05, 0.1) is 15.5 Å². The van der Waals surface area contributed by atoms with Crippen molar-refractivity contribution in [1.29, 1.82) is 0 Å². The lowest BCUT2D eigenvalue weighted by Gasteiger charge is -2.16. The topological polar surface area (TPSA) is 113 Å². The fraction of sp³-hybridized carbons (Fsp3) is 0.200. The van der Waals surface area contributed by atoms with Gasteiger partial charge in [-0.3, -0.25) is 14.5 Å². The van der Waals surface area contributed by atoms with Crippen molar-refractivity contribution in [2.24, 2.45) is 0 Å². The first kappa shape index (κ1) is 25.3. The number of hydrogen-bond acceptors (Lipinski definition) is 7. The summed E-state index contributed by atoms with van der Waals surface area (Å²) < 4.78 is 29.7. The van der Waals surface area contributed by atoms with Crippen molar-refractivity contribution in [3.63, 3.8) is 0 Å². The van der Waals surface area contributed by atoms with Gasteiger partial charge >= 0.3 is 5.97 Å². The van der Waals surface area contributed by atoms with Crippen LogP contribution in [0.2, 0.25) is 0 Å². The predicted molar refractivity (Wildman–Crippen MR) is 145 cm³/mol. The molecule has 3 aromatic rings. The Bertz CT molecular complexity index is 1530. The maximum atomic E-state index is 13.2. The number of nitrogens with zero attached hydrogens (tertiary/aromatic N) is 4. The highest BCUT2D eigenvalue weighted by Gasteiger charge is 2.34. The van der Waals surface area contributed by atoms with Crippen molar-refractivity contribution in [3.8, 4) is 16.9 Å². The number of amides is 1. The summed E-state index contributed by atoms with van der Waals surface area (Å²) in [7, 11) is -3.64.